The number of ether oxygens (including phenoxy) is 2. The summed E-state index contributed by atoms with van der Waals surface area (Å²) < 4.78 is 17.9. The Morgan fingerprint density at radius 2 is 1.72 bits per heavy atom. The van der Waals surface area contributed by atoms with E-state index in [9.17, 15) is 4.79 Å². The van der Waals surface area contributed by atoms with Gasteiger partial charge in [0.2, 0.25) is 0 Å². The second-order valence-electron chi connectivity index (χ2n) is 9.30. The van der Waals surface area contributed by atoms with E-state index in [2.05, 4.69) is 79.4 Å². The average molecular weight is 505 g/mol. The Hall–Kier alpha value is -2.73. The van der Waals surface area contributed by atoms with Gasteiger partial charge in [-0.2, -0.15) is 0 Å². The summed E-state index contributed by atoms with van der Waals surface area (Å²) in [5, 5.41) is 3.74. The van der Waals surface area contributed by atoms with Crippen molar-refractivity contribution < 1.29 is 18.7 Å². The Morgan fingerprint density at radius 3 is 2.33 bits per heavy atom. The Morgan fingerprint density at radius 1 is 1.06 bits per heavy atom. The van der Waals surface area contributed by atoms with E-state index in [0.29, 0.717) is 13.2 Å². The first kappa shape index (κ1) is 27.8. The molecule has 0 radical (unpaired) electrons. The van der Waals surface area contributed by atoms with E-state index >= 15 is 0 Å². The van der Waals surface area contributed by atoms with Crippen molar-refractivity contribution in [3.8, 4) is 0 Å². The molecule has 0 saturated heterocycles. The molecule has 1 aliphatic heterocycles. The van der Waals surface area contributed by atoms with Crippen molar-refractivity contribution in [2.75, 3.05) is 20.3 Å². The molecule has 1 heterocycles. The van der Waals surface area contributed by atoms with Crippen LogP contribution in [-0.4, -0.2) is 40.7 Å². The molecule has 1 aliphatic rings. The van der Waals surface area contributed by atoms with Gasteiger partial charge in [0, 0.05) is 20.1 Å². The molecule has 5 heteroatoms. The summed E-state index contributed by atoms with van der Waals surface area (Å²) in [6.45, 7) is 6.73. The van der Waals surface area contributed by atoms with Gasteiger partial charge in [0.05, 0.1) is 6.61 Å². The summed E-state index contributed by atoms with van der Waals surface area (Å²) in [7, 11) is -1.06. The number of hydrogen-bond acceptors (Lipinski definition) is 4. The molecule has 4 nitrogen and oxygen atoms in total. The van der Waals surface area contributed by atoms with Crippen molar-refractivity contribution in [1.82, 2.24) is 0 Å². The number of benzene rings is 2. The molecule has 0 N–H and O–H groups in total. The lowest BCUT2D eigenvalue weighted by molar-refractivity contribution is -0.139. The maximum atomic E-state index is 10.9. The molecule has 0 fully saturated rings. The van der Waals surface area contributed by atoms with Gasteiger partial charge in [-0.1, -0.05) is 91.9 Å². The van der Waals surface area contributed by atoms with E-state index in [-0.39, 0.29) is 12.1 Å². The maximum absolute atomic E-state index is 10.9. The van der Waals surface area contributed by atoms with E-state index < -0.39 is 8.32 Å². The third kappa shape index (κ3) is 7.63. The lowest BCUT2D eigenvalue weighted by atomic mass is 10.0. The maximum Gasteiger partial charge on any atom is 0.302 e. The highest BCUT2D eigenvalue weighted by Crippen LogP contribution is 2.31. The molecule has 0 saturated carbocycles. The second-order valence-corrected chi connectivity index (χ2v) is 12.6. The molecular weight excluding hydrogens is 464 g/mol. The predicted octanol–water partition coefficient (Wildman–Crippen LogP) is 5.66. The summed E-state index contributed by atoms with van der Waals surface area (Å²) in [6, 6.07) is 21.5. The van der Waals surface area contributed by atoms with Gasteiger partial charge in [-0.3, -0.25) is 4.79 Å². The molecular formula is C31H40O4Si. The van der Waals surface area contributed by atoms with Crippen LogP contribution in [0.1, 0.15) is 51.9 Å². The van der Waals surface area contributed by atoms with Crippen molar-refractivity contribution in [3.05, 3.63) is 96.2 Å². The summed E-state index contributed by atoms with van der Waals surface area (Å²) in [6.07, 6.45) is 13.9. The average Bonchev–Trinajstić information content (AvgIpc) is 2.88. The fourth-order valence-electron chi connectivity index (χ4n) is 4.90. The number of unbranched alkanes of at least 4 members (excludes halogenated alkanes) is 2. The smallest absolute Gasteiger partial charge is 0.302 e. The number of carbonyl (C=O) groups excluding carboxylic acids is 1. The molecule has 0 bridgehead atoms. The molecule has 192 valence electrons. The van der Waals surface area contributed by atoms with Crippen LogP contribution in [0.3, 0.4) is 0 Å². The van der Waals surface area contributed by atoms with Crippen LogP contribution in [0.2, 0.25) is 0 Å². The van der Waals surface area contributed by atoms with E-state index in [0.717, 1.165) is 50.5 Å². The van der Waals surface area contributed by atoms with Gasteiger partial charge in [0.1, 0.15) is 6.61 Å². The first-order valence-electron chi connectivity index (χ1n) is 13.0. The second kappa shape index (κ2) is 14.7. The largest absolute Gasteiger partial charge is 0.462 e. The van der Waals surface area contributed by atoms with Gasteiger partial charge in [-0.15, -0.1) is 0 Å². The Labute approximate surface area is 217 Å². The van der Waals surface area contributed by atoms with Crippen LogP contribution in [0.4, 0.5) is 0 Å². The number of methoxy groups -OCH3 is 1. The molecule has 36 heavy (non-hydrogen) atoms. The Kier molecular flexibility index (Phi) is 11.4. The molecule has 0 amide bonds. The van der Waals surface area contributed by atoms with Crippen molar-refractivity contribution in [2.45, 2.75) is 58.0 Å². The molecule has 1 atom stereocenters. The summed E-state index contributed by atoms with van der Waals surface area (Å²) in [4.78, 5) is 10.9. The van der Waals surface area contributed by atoms with Gasteiger partial charge in [0.25, 0.3) is 8.32 Å². The van der Waals surface area contributed by atoms with Crippen LogP contribution in [0.25, 0.3) is 0 Å². The number of esters is 1. The van der Waals surface area contributed by atoms with E-state index in [1.807, 2.05) is 6.08 Å². The molecule has 0 aliphatic carbocycles. The minimum Gasteiger partial charge on any atom is -0.462 e. The molecule has 1 unspecified atom stereocenters. The molecule has 0 spiro atoms. The molecule has 2 aromatic rings. The minimum atomic E-state index is -2.79. The number of allylic oxidation sites excluding steroid dienone is 2. The third-order valence-electron chi connectivity index (χ3n) is 6.56. The van der Waals surface area contributed by atoms with Crippen molar-refractivity contribution in [2.24, 2.45) is 0 Å². The quantitative estimate of drug-likeness (QED) is 0.162. The van der Waals surface area contributed by atoms with E-state index in [1.165, 1.54) is 22.5 Å². The van der Waals surface area contributed by atoms with Crippen LogP contribution >= 0.6 is 0 Å². The van der Waals surface area contributed by atoms with Crippen LogP contribution in [0, 0.1) is 0 Å². The standard InChI is InChI=1S/C31H40O4Si/c1-26(25-33-3)31-23-15-14-18-28(17-9-5-4-6-16-24-34-27(2)32)35-36(31,29-19-10-7-11-20-29)30-21-12-8-13-22-30/h6-8,10-13,16,19-23,28H,1,4-5,9,14-15,17-18,24-25H2,2-3H3/b16-6+,31-23-. The fraction of sp³-hybridized carbons (Fsp3) is 0.387. The van der Waals surface area contributed by atoms with Crippen molar-refractivity contribution in [3.63, 3.8) is 0 Å². The summed E-state index contributed by atoms with van der Waals surface area (Å²) in [5.41, 5.74) is 1.01. The number of hydrogen-bond donors (Lipinski definition) is 0. The Balaban J connectivity index is 1.87. The minimum absolute atomic E-state index is 0.182. The van der Waals surface area contributed by atoms with Gasteiger partial charge in [-0.05, 0) is 59.7 Å². The fourth-order valence-corrected chi connectivity index (χ4v) is 9.32. The SMILES string of the molecule is C=C(COC)/C1=C/CCCC(CCCC/C=C/COC(C)=O)O[Si]1(c1ccccc1)c1ccccc1. The zero-order chi connectivity index (χ0) is 25.6. The van der Waals surface area contributed by atoms with Crippen molar-refractivity contribution >= 4 is 24.7 Å². The highest BCUT2D eigenvalue weighted by molar-refractivity contribution is 7.03. The van der Waals surface area contributed by atoms with Crippen LogP contribution in [-0.2, 0) is 18.7 Å². The van der Waals surface area contributed by atoms with Gasteiger partial charge < -0.3 is 13.9 Å². The lowest BCUT2D eigenvalue weighted by Gasteiger charge is -2.40. The van der Waals surface area contributed by atoms with E-state index in [4.69, 9.17) is 13.9 Å². The van der Waals surface area contributed by atoms with Crippen LogP contribution < -0.4 is 10.4 Å². The zero-order valence-corrected chi connectivity index (χ0v) is 22.8. The number of rotatable bonds is 12. The predicted molar refractivity (Wildman–Crippen MR) is 150 cm³/mol. The Bertz CT molecular complexity index is 974. The monoisotopic (exact) mass is 504 g/mol. The van der Waals surface area contributed by atoms with E-state index in [1.54, 1.807) is 7.11 Å². The number of carbonyl (C=O) groups is 1. The summed E-state index contributed by atoms with van der Waals surface area (Å²) in [5.74, 6) is -0.243. The molecule has 0 aromatic heterocycles. The zero-order valence-electron chi connectivity index (χ0n) is 21.8. The lowest BCUT2D eigenvalue weighted by Crippen LogP contribution is -2.64. The normalized spacial score (nSPS) is 19.2. The first-order chi connectivity index (χ1) is 17.6. The highest BCUT2D eigenvalue weighted by atomic mass is 28.4. The van der Waals surface area contributed by atoms with Crippen LogP contribution in [0.15, 0.2) is 96.2 Å². The van der Waals surface area contributed by atoms with Gasteiger partial charge in [0.15, 0.2) is 0 Å². The van der Waals surface area contributed by atoms with Gasteiger partial charge >= 0.3 is 5.97 Å². The van der Waals surface area contributed by atoms with Crippen molar-refractivity contribution in [1.29, 1.82) is 0 Å². The van der Waals surface area contributed by atoms with Gasteiger partial charge in [-0.25, -0.2) is 0 Å². The molecule has 3 rings (SSSR count). The molecule has 2 aromatic carbocycles. The highest BCUT2D eigenvalue weighted by Gasteiger charge is 2.46. The topological polar surface area (TPSA) is 44.8 Å². The summed E-state index contributed by atoms with van der Waals surface area (Å²) >= 11 is 0. The van der Waals surface area contributed by atoms with Crippen LogP contribution in [0.5, 0.6) is 0 Å². The third-order valence-corrected chi connectivity index (χ3v) is 10.9. The first-order valence-corrected chi connectivity index (χ1v) is 14.9.